The summed E-state index contributed by atoms with van der Waals surface area (Å²) in [7, 11) is 0. The summed E-state index contributed by atoms with van der Waals surface area (Å²) in [5.41, 5.74) is 1.90. The lowest BCUT2D eigenvalue weighted by molar-refractivity contribution is 0.573. The molecule has 4 aromatic rings. The molecule has 28 heavy (non-hydrogen) atoms. The second-order valence-corrected chi connectivity index (χ2v) is 6.01. The second-order valence-electron chi connectivity index (χ2n) is 6.01. The van der Waals surface area contributed by atoms with Gasteiger partial charge in [0.1, 0.15) is 23.1 Å². The standard InChI is InChI=1S/C21H11F4N3/c22-15-4-1-12(2-5-15)20-8-14(10-27-28-20)13-3-6-18(24)17(7-13)21-19(25)9-16(23)11-26-21/h1-11H. The first-order chi connectivity index (χ1) is 13.5. The number of pyridine rings is 1. The van der Waals surface area contributed by atoms with Gasteiger partial charge in [-0.25, -0.2) is 17.6 Å². The molecule has 4 rings (SSSR count). The smallest absolute Gasteiger partial charge is 0.152 e. The molecule has 3 nitrogen and oxygen atoms in total. The summed E-state index contributed by atoms with van der Waals surface area (Å²) in [5, 5.41) is 7.96. The molecule has 0 atom stereocenters. The van der Waals surface area contributed by atoms with Crippen LogP contribution in [-0.2, 0) is 0 Å². The van der Waals surface area contributed by atoms with Crippen molar-refractivity contribution >= 4 is 0 Å². The molecule has 0 saturated carbocycles. The van der Waals surface area contributed by atoms with Crippen LogP contribution in [0, 0.1) is 23.3 Å². The average molecular weight is 381 g/mol. The zero-order valence-electron chi connectivity index (χ0n) is 14.2. The summed E-state index contributed by atoms with van der Waals surface area (Å²) in [6.07, 6.45) is 2.30. The number of hydrogen-bond acceptors (Lipinski definition) is 3. The molecule has 0 aliphatic rings. The molecule has 0 unspecified atom stereocenters. The van der Waals surface area contributed by atoms with Crippen LogP contribution in [0.1, 0.15) is 0 Å². The number of aromatic nitrogens is 3. The lowest BCUT2D eigenvalue weighted by atomic mass is 10.0. The van der Waals surface area contributed by atoms with E-state index in [0.29, 0.717) is 28.5 Å². The minimum Gasteiger partial charge on any atom is -0.250 e. The molecule has 0 fully saturated rings. The Bertz CT molecular complexity index is 1160. The predicted octanol–water partition coefficient (Wildman–Crippen LogP) is 5.43. The van der Waals surface area contributed by atoms with Gasteiger partial charge in [0.25, 0.3) is 0 Å². The monoisotopic (exact) mass is 381 g/mol. The predicted molar refractivity (Wildman–Crippen MR) is 96.0 cm³/mol. The summed E-state index contributed by atoms with van der Waals surface area (Å²) < 4.78 is 54.5. The number of rotatable bonds is 3. The maximum Gasteiger partial charge on any atom is 0.152 e. The number of benzene rings is 2. The van der Waals surface area contributed by atoms with E-state index >= 15 is 0 Å². The molecule has 0 radical (unpaired) electrons. The van der Waals surface area contributed by atoms with E-state index in [-0.39, 0.29) is 17.1 Å². The molecule has 0 bridgehead atoms. The van der Waals surface area contributed by atoms with Crippen LogP contribution in [0.2, 0.25) is 0 Å². The Morgan fingerprint density at radius 1 is 0.607 bits per heavy atom. The lowest BCUT2D eigenvalue weighted by Crippen LogP contribution is -1.95. The fourth-order valence-electron chi connectivity index (χ4n) is 2.79. The van der Waals surface area contributed by atoms with Gasteiger partial charge in [-0.05, 0) is 48.0 Å². The summed E-state index contributed by atoms with van der Waals surface area (Å²) in [5.74, 6) is -2.87. The van der Waals surface area contributed by atoms with E-state index in [1.807, 2.05) is 0 Å². The van der Waals surface area contributed by atoms with Gasteiger partial charge in [0.2, 0.25) is 0 Å². The average Bonchev–Trinajstić information content (AvgIpc) is 2.69. The van der Waals surface area contributed by atoms with Gasteiger partial charge in [-0.1, -0.05) is 6.07 Å². The van der Waals surface area contributed by atoms with E-state index in [1.165, 1.54) is 36.5 Å². The van der Waals surface area contributed by atoms with Crippen molar-refractivity contribution in [2.45, 2.75) is 0 Å². The molecule has 7 heteroatoms. The number of nitrogens with zero attached hydrogens (tertiary/aromatic N) is 3. The van der Waals surface area contributed by atoms with Gasteiger partial charge in [-0.2, -0.15) is 10.2 Å². The third kappa shape index (κ3) is 3.46. The summed E-state index contributed by atoms with van der Waals surface area (Å²) in [4.78, 5) is 3.66. The van der Waals surface area contributed by atoms with Gasteiger partial charge < -0.3 is 0 Å². The van der Waals surface area contributed by atoms with Crippen LogP contribution in [0.25, 0.3) is 33.6 Å². The van der Waals surface area contributed by atoms with Crippen LogP contribution in [-0.4, -0.2) is 15.2 Å². The highest BCUT2D eigenvalue weighted by Crippen LogP contribution is 2.30. The Morgan fingerprint density at radius 3 is 2.11 bits per heavy atom. The minimum absolute atomic E-state index is 0.102. The molecule has 0 aliphatic heterocycles. The highest BCUT2D eigenvalue weighted by Gasteiger charge is 2.15. The van der Waals surface area contributed by atoms with Gasteiger partial charge in [0.15, 0.2) is 5.82 Å². The maximum atomic E-state index is 14.3. The highest BCUT2D eigenvalue weighted by molar-refractivity contribution is 5.74. The molecule has 0 amide bonds. The first-order valence-corrected chi connectivity index (χ1v) is 8.21. The summed E-state index contributed by atoms with van der Waals surface area (Å²) >= 11 is 0. The fraction of sp³-hybridized carbons (Fsp3) is 0. The van der Waals surface area contributed by atoms with Gasteiger partial charge in [0.05, 0.1) is 18.1 Å². The maximum absolute atomic E-state index is 14.3. The zero-order valence-corrected chi connectivity index (χ0v) is 14.2. The molecule has 0 saturated heterocycles. The molecule has 0 spiro atoms. The van der Waals surface area contributed by atoms with Crippen LogP contribution >= 0.6 is 0 Å². The molecular weight excluding hydrogens is 370 g/mol. The Balaban J connectivity index is 1.78. The minimum atomic E-state index is -0.962. The van der Waals surface area contributed by atoms with E-state index in [1.54, 1.807) is 18.2 Å². The van der Waals surface area contributed by atoms with Crippen LogP contribution in [0.3, 0.4) is 0 Å². The fourth-order valence-corrected chi connectivity index (χ4v) is 2.79. The quantitative estimate of drug-likeness (QED) is 0.444. The molecule has 2 aromatic heterocycles. The topological polar surface area (TPSA) is 38.7 Å². The summed E-state index contributed by atoms with van der Waals surface area (Å²) in [6, 6.07) is 12.2. The van der Waals surface area contributed by atoms with E-state index in [4.69, 9.17) is 0 Å². The first-order valence-electron chi connectivity index (χ1n) is 8.21. The van der Waals surface area contributed by atoms with E-state index in [9.17, 15) is 17.6 Å². The van der Waals surface area contributed by atoms with Crippen molar-refractivity contribution in [1.29, 1.82) is 0 Å². The van der Waals surface area contributed by atoms with E-state index in [2.05, 4.69) is 15.2 Å². The van der Waals surface area contributed by atoms with E-state index in [0.717, 1.165) is 6.20 Å². The van der Waals surface area contributed by atoms with Crippen molar-refractivity contribution in [1.82, 2.24) is 15.2 Å². The zero-order chi connectivity index (χ0) is 19.7. The van der Waals surface area contributed by atoms with Crippen LogP contribution in [0.5, 0.6) is 0 Å². The van der Waals surface area contributed by atoms with Gasteiger partial charge in [-0.15, -0.1) is 0 Å². The molecule has 0 aliphatic carbocycles. The molecule has 138 valence electrons. The Kier molecular flexibility index (Phi) is 4.57. The second kappa shape index (κ2) is 7.19. The molecule has 0 N–H and O–H groups in total. The third-order valence-electron chi connectivity index (χ3n) is 4.16. The van der Waals surface area contributed by atoms with Gasteiger partial charge in [-0.3, -0.25) is 4.98 Å². The van der Waals surface area contributed by atoms with E-state index < -0.39 is 17.5 Å². The molecular formula is C21H11F4N3. The third-order valence-corrected chi connectivity index (χ3v) is 4.16. The normalized spacial score (nSPS) is 10.9. The largest absolute Gasteiger partial charge is 0.250 e. The van der Waals surface area contributed by atoms with Crippen molar-refractivity contribution in [3.05, 3.63) is 90.3 Å². The van der Waals surface area contributed by atoms with Crippen molar-refractivity contribution in [2.24, 2.45) is 0 Å². The lowest BCUT2D eigenvalue weighted by Gasteiger charge is -2.09. The number of halogens is 4. The van der Waals surface area contributed by atoms with Crippen molar-refractivity contribution < 1.29 is 17.6 Å². The van der Waals surface area contributed by atoms with Gasteiger partial charge >= 0.3 is 0 Å². The van der Waals surface area contributed by atoms with Crippen molar-refractivity contribution in [3.63, 3.8) is 0 Å². The van der Waals surface area contributed by atoms with Crippen LogP contribution < -0.4 is 0 Å². The highest BCUT2D eigenvalue weighted by atomic mass is 19.1. The Hall–Kier alpha value is -3.61. The molecule has 2 heterocycles. The number of hydrogen-bond donors (Lipinski definition) is 0. The first kappa shape index (κ1) is 17.8. The van der Waals surface area contributed by atoms with Crippen molar-refractivity contribution in [2.75, 3.05) is 0 Å². The summed E-state index contributed by atoms with van der Waals surface area (Å²) in [6.45, 7) is 0. The SMILES string of the molecule is Fc1ccc(-c2cc(-c3ccc(F)c(-c4ncc(F)cc4F)c3)cnn2)cc1. The Labute approximate surface area is 157 Å². The van der Waals surface area contributed by atoms with Crippen LogP contribution in [0.15, 0.2) is 67.0 Å². The van der Waals surface area contributed by atoms with Crippen LogP contribution in [0.4, 0.5) is 17.6 Å². The Morgan fingerprint density at radius 2 is 1.36 bits per heavy atom. The van der Waals surface area contributed by atoms with Gasteiger partial charge in [0, 0.05) is 22.8 Å². The van der Waals surface area contributed by atoms with Crippen molar-refractivity contribution in [3.8, 4) is 33.6 Å². The molecule has 2 aromatic carbocycles.